The summed E-state index contributed by atoms with van der Waals surface area (Å²) in [6.07, 6.45) is 0.438. The van der Waals surface area contributed by atoms with Crippen LogP contribution in [-0.4, -0.2) is 33.6 Å². The molecule has 6 rings (SSSR count). The van der Waals surface area contributed by atoms with Crippen molar-refractivity contribution < 1.29 is 34.1 Å². The first-order valence-electron chi connectivity index (χ1n) is 15.9. The SMILES string of the molecule is CC(C)(C)c1cc(CCC(=O)Oc2cccc3ccc(C4C(=O)c5cc6ccc(C(=O)O)cc6cc5C4=O)nc23)cc(C(C)(C)C)c1[O-]. The lowest BCUT2D eigenvalue weighted by atomic mass is 9.78. The maximum Gasteiger partial charge on any atom is 0.335 e. The van der Waals surface area contributed by atoms with Crippen molar-refractivity contribution in [2.24, 2.45) is 0 Å². The number of ketones is 2. The highest BCUT2D eigenvalue weighted by molar-refractivity contribution is 6.30. The minimum atomic E-state index is -1.18. The van der Waals surface area contributed by atoms with Gasteiger partial charge in [-0.3, -0.25) is 14.4 Å². The maximum atomic E-state index is 13.6. The van der Waals surface area contributed by atoms with E-state index in [2.05, 4.69) is 4.98 Å². The molecule has 1 atom stereocenters. The fourth-order valence-corrected chi connectivity index (χ4v) is 6.28. The summed E-state index contributed by atoms with van der Waals surface area (Å²) in [5.41, 5.74) is 2.71. The van der Waals surface area contributed by atoms with Gasteiger partial charge in [0.05, 0.1) is 11.3 Å². The van der Waals surface area contributed by atoms with Gasteiger partial charge in [-0.25, -0.2) is 9.78 Å². The van der Waals surface area contributed by atoms with Crippen molar-refractivity contribution in [3.05, 3.63) is 112 Å². The predicted molar refractivity (Wildman–Crippen MR) is 181 cm³/mol. The molecule has 0 saturated heterocycles. The summed E-state index contributed by atoms with van der Waals surface area (Å²) in [5, 5.41) is 24.5. The molecule has 0 radical (unpaired) electrons. The number of fused-ring (bicyclic) bond motifs is 3. The molecule has 8 nitrogen and oxygen atoms in total. The second-order valence-electron chi connectivity index (χ2n) is 14.5. The molecular weight excluding hydrogens is 606 g/mol. The molecule has 5 aromatic rings. The van der Waals surface area contributed by atoms with Gasteiger partial charge in [0.15, 0.2) is 17.3 Å². The Morgan fingerprint density at radius 2 is 1.40 bits per heavy atom. The summed E-state index contributed by atoms with van der Waals surface area (Å²) < 4.78 is 5.80. The topological polar surface area (TPSA) is 134 Å². The number of carbonyl (C=O) groups is 4. The highest BCUT2D eigenvalue weighted by Gasteiger charge is 2.41. The number of carboxylic acids is 1. The van der Waals surface area contributed by atoms with Crippen LogP contribution in [0.1, 0.15) is 107 Å². The lowest BCUT2D eigenvalue weighted by Crippen LogP contribution is -2.21. The number of carbonyl (C=O) groups excluding carboxylic acids is 3. The van der Waals surface area contributed by atoms with Crippen molar-refractivity contribution in [3.8, 4) is 11.5 Å². The first-order chi connectivity index (χ1) is 22.5. The third kappa shape index (κ3) is 5.94. The highest BCUT2D eigenvalue weighted by atomic mass is 16.5. The van der Waals surface area contributed by atoms with Gasteiger partial charge in [-0.05, 0) is 81.1 Å². The summed E-state index contributed by atoms with van der Waals surface area (Å²) in [5.74, 6) is -3.33. The van der Waals surface area contributed by atoms with E-state index in [1.54, 1.807) is 48.5 Å². The zero-order chi connectivity index (χ0) is 34.7. The summed E-state index contributed by atoms with van der Waals surface area (Å²) in [4.78, 5) is 56.5. The monoisotopic (exact) mass is 642 g/mol. The van der Waals surface area contributed by atoms with Crippen LogP contribution < -0.4 is 9.84 Å². The summed E-state index contributed by atoms with van der Waals surface area (Å²) in [6.45, 7) is 12.0. The van der Waals surface area contributed by atoms with Gasteiger partial charge in [0.25, 0.3) is 0 Å². The van der Waals surface area contributed by atoms with Crippen LogP contribution >= 0.6 is 0 Å². The van der Waals surface area contributed by atoms with Gasteiger partial charge in [0.2, 0.25) is 0 Å². The Bertz CT molecular complexity index is 2150. The first-order valence-corrected chi connectivity index (χ1v) is 15.9. The number of aromatic nitrogens is 1. The van der Waals surface area contributed by atoms with Crippen molar-refractivity contribution >= 4 is 45.2 Å². The van der Waals surface area contributed by atoms with Gasteiger partial charge >= 0.3 is 11.9 Å². The third-order valence-corrected chi connectivity index (χ3v) is 8.89. The Morgan fingerprint density at radius 1 is 0.792 bits per heavy atom. The Labute approximate surface area is 278 Å². The smallest absolute Gasteiger partial charge is 0.335 e. The average Bonchev–Trinajstić information content (AvgIpc) is 3.26. The molecule has 1 aliphatic carbocycles. The number of hydrogen-bond acceptors (Lipinski definition) is 7. The summed E-state index contributed by atoms with van der Waals surface area (Å²) in [7, 11) is 0. The standard InChI is InChI=1S/C40H37NO7/c1-39(2,3)28-16-21(17-29(37(28)45)40(4,5)6)10-15-32(42)48-31-9-7-8-22-13-14-30(41-34(22)31)33-35(43)26-19-23-11-12-24(38(46)47)18-25(23)20-27(26)36(33)44/h7-9,11-14,16-20,33,45H,10,15H2,1-6H3,(H,46,47)/p-1. The maximum absolute atomic E-state index is 13.6. The zero-order valence-corrected chi connectivity index (χ0v) is 27.8. The Morgan fingerprint density at radius 3 is 2.00 bits per heavy atom. The Kier molecular flexibility index (Phi) is 7.94. The fourth-order valence-electron chi connectivity index (χ4n) is 6.28. The number of para-hydroxylation sites is 1. The number of aryl methyl sites for hydroxylation is 1. The van der Waals surface area contributed by atoms with Gasteiger partial charge in [0.1, 0.15) is 11.4 Å². The lowest BCUT2D eigenvalue weighted by Gasteiger charge is -2.34. The number of rotatable bonds is 6. The number of benzene rings is 4. The van der Waals surface area contributed by atoms with Gasteiger partial charge < -0.3 is 14.9 Å². The summed E-state index contributed by atoms with van der Waals surface area (Å²) in [6, 6.07) is 20.0. The number of esters is 1. The van der Waals surface area contributed by atoms with Crippen LogP contribution in [0.15, 0.2) is 72.8 Å². The second-order valence-corrected chi connectivity index (χ2v) is 14.5. The number of Topliss-reactive ketones (excluding diaryl/α,β-unsaturated/α-hetero) is 2. The molecule has 0 fully saturated rings. The van der Waals surface area contributed by atoms with Gasteiger partial charge in [-0.1, -0.05) is 77.9 Å². The first kappa shape index (κ1) is 32.6. The molecule has 1 aromatic heterocycles. The fraction of sp³-hybridized carbons (Fsp3) is 0.275. The van der Waals surface area contributed by atoms with E-state index >= 15 is 0 Å². The molecule has 0 amide bonds. The van der Waals surface area contributed by atoms with E-state index < -0.39 is 29.4 Å². The van der Waals surface area contributed by atoms with Crippen molar-refractivity contribution in [2.75, 3.05) is 0 Å². The van der Waals surface area contributed by atoms with Crippen LogP contribution in [0, 0.1) is 0 Å². The Balaban J connectivity index is 1.26. The molecule has 8 heteroatoms. The summed E-state index contributed by atoms with van der Waals surface area (Å²) >= 11 is 0. The van der Waals surface area contributed by atoms with Crippen molar-refractivity contribution in [2.45, 2.75) is 71.1 Å². The molecular formula is C40H36NO7-. The van der Waals surface area contributed by atoms with Crippen molar-refractivity contribution in [3.63, 3.8) is 0 Å². The number of nitrogens with zero attached hydrogens (tertiary/aromatic N) is 1. The molecule has 244 valence electrons. The van der Waals surface area contributed by atoms with Crippen molar-refractivity contribution in [1.82, 2.24) is 4.98 Å². The van der Waals surface area contributed by atoms with E-state index in [1.807, 2.05) is 53.7 Å². The second kappa shape index (κ2) is 11.7. The number of hydrogen-bond donors (Lipinski definition) is 1. The molecule has 0 aliphatic heterocycles. The van der Waals surface area contributed by atoms with E-state index in [1.165, 1.54) is 12.1 Å². The number of carboxylic acid groups (broad SMARTS) is 1. The molecule has 0 saturated carbocycles. The number of pyridine rings is 1. The highest BCUT2D eigenvalue weighted by Crippen LogP contribution is 2.39. The Hall–Kier alpha value is -5.37. The van der Waals surface area contributed by atoms with Gasteiger partial charge in [0, 0.05) is 22.9 Å². The number of ether oxygens (including phenoxy) is 1. The molecule has 1 aliphatic rings. The van der Waals surface area contributed by atoms with Crippen LogP contribution in [-0.2, 0) is 22.0 Å². The van der Waals surface area contributed by atoms with E-state index in [0.29, 0.717) is 39.2 Å². The molecule has 4 aromatic carbocycles. The lowest BCUT2D eigenvalue weighted by molar-refractivity contribution is -0.271. The van der Waals surface area contributed by atoms with Crippen LogP contribution in [0.3, 0.4) is 0 Å². The molecule has 0 spiro atoms. The van der Waals surface area contributed by atoms with Gasteiger partial charge in [-0.2, -0.15) is 0 Å². The largest absolute Gasteiger partial charge is 0.872 e. The predicted octanol–water partition coefficient (Wildman–Crippen LogP) is 7.46. The average molecular weight is 643 g/mol. The third-order valence-electron chi connectivity index (χ3n) is 8.89. The van der Waals surface area contributed by atoms with E-state index in [9.17, 15) is 29.4 Å². The molecule has 1 N–H and O–H groups in total. The van der Waals surface area contributed by atoms with Gasteiger partial charge in [-0.15, -0.1) is 5.75 Å². The van der Waals surface area contributed by atoms with E-state index in [4.69, 9.17) is 4.74 Å². The molecule has 1 heterocycles. The normalized spacial score (nSPS) is 14.8. The van der Waals surface area contributed by atoms with Crippen molar-refractivity contribution in [1.29, 1.82) is 0 Å². The molecule has 48 heavy (non-hydrogen) atoms. The van der Waals surface area contributed by atoms with Crippen LogP contribution in [0.25, 0.3) is 21.7 Å². The molecule has 0 bridgehead atoms. The van der Waals surface area contributed by atoms with Crippen LogP contribution in [0.4, 0.5) is 0 Å². The van der Waals surface area contributed by atoms with E-state index in [-0.39, 0.29) is 51.1 Å². The zero-order valence-electron chi connectivity index (χ0n) is 27.8. The van der Waals surface area contributed by atoms with Crippen LogP contribution in [0.2, 0.25) is 0 Å². The minimum absolute atomic E-state index is 0.0295. The quantitative estimate of drug-likeness (QED) is 0.115. The number of aromatic carboxylic acids is 1. The molecule has 1 unspecified atom stereocenters. The van der Waals surface area contributed by atoms with Crippen LogP contribution in [0.5, 0.6) is 11.5 Å². The minimum Gasteiger partial charge on any atom is -0.872 e. The van der Waals surface area contributed by atoms with E-state index in [0.717, 1.165) is 5.56 Å².